The van der Waals surface area contributed by atoms with E-state index in [0.717, 1.165) is 6.42 Å². The molecule has 0 aliphatic heterocycles. The monoisotopic (exact) mass is 301 g/mol. The Hall–Kier alpha value is -1.71. The minimum absolute atomic E-state index is 0.168. The van der Waals surface area contributed by atoms with Crippen LogP contribution in [0.4, 0.5) is 5.95 Å². The molecule has 3 N–H and O–H groups in total. The number of hydrazine groups is 1. The summed E-state index contributed by atoms with van der Waals surface area (Å²) >= 11 is 0. The molecule has 0 saturated carbocycles. The summed E-state index contributed by atoms with van der Waals surface area (Å²) in [7, 11) is 1.63. The third-order valence-electron chi connectivity index (χ3n) is 2.25. The van der Waals surface area contributed by atoms with Gasteiger partial charge in [0.15, 0.2) is 0 Å². The first-order valence-electron chi connectivity index (χ1n) is 6.85. The van der Waals surface area contributed by atoms with Crippen molar-refractivity contribution < 1.29 is 18.9 Å². The van der Waals surface area contributed by atoms with Crippen LogP contribution < -0.4 is 20.7 Å². The number of rotatable bonds is 12. The molecule has 0 saturated heterocycles. The largest absolute Gasteiger partial charge is 0.463 e. The fourth-order valence-electron chi connectivity index (χ4n) is 1.29. The minimum Gasteiger partial charge on any atom is -0.463 e. The van der Waals surface area contributed by atoms with Crippen LogP contribution in [0.2, 0.25) is 0 Å². The molecule has 0 amide bonds. The molecule has 0 aliphatic rings. The van der Waals surface area contributed by atoms with Crippen LogP contribution in [0, 0.1) is 0 Å². The Bertz CT molecular complexity index is 394. The molecule has 0 bridgehead atoms. The van der Waals surface area contributed by atoms with Crippen molar-refractivity contribution in [1.29, 1.82) is 0 Å². The van der Waals surface area contributed by atoms with Crippen LogP contribution in [-0.4, -0.2) is 55.1 Å². The van der Waals surface area contributed by atoms with Crippen molar-refractivity contribution in [3.05, 3.63) is 0 Å². The third-order valence-corrected chi connectivity index (χ3v) is 2.25. The summed E-state index contributed by atoms with van der Waals surface area (Å²) in [5.41, 5.74) is 2.35. The second-order valence-corrected chi connectivity index (χ2v) is 4.02. The van der Waals surface area contributed by atoms with Gasteiger partial charge in [0.25, 0.3) is 0 Å². The summed E-state index contributed by atoms with van der Waals surface area (Å²) in [5, 5.41) is 0. The number of methoxy groups -OCH3 is 1. The molecule has 9 heteroatoms. The van der Waals surface area contributed by atoms with Gasteiger partial charge in [0.2, 0.25) is 5.95 Å². The predicted molar refractivity (Wildman–Crippen MR) is 76.2 cm³/mol. The lowest BCUT2D eigenvalue weighted by molar-refractivity contribution is 0.0638. The zero-order valence-electron chi connectivity index (χ0n) is 12.5. The zero-order valence-corrected chi connectivity index (χ0v) is 12.5. The van der Waals surface area contributed by atoms with Crippen LogP contribution in [0.15, 0.2) is 0 Å². The van der Waals surface area contributed by atoms with Crippen molar-refractivity contribution in [2.45, 2.75) is 19.8 Å². The Labute approximate surface area is 124 Å². The molecule has 0 spiro atoms. The van der Waals surface area contributed by atoms with Crippen LogP contribution in [0.3, 0.4) is 0 Å². The van der Waals surface area contributed by atoms with Crippen molar-refractivity contribution in [2.24, 2.45) is 5.84 Å². The number of nitrogen functional groups attached to an aromatic ring is 1. The van der Waals surface area contributed by atoms with E-state index in [2.05, 4.69) is 20.4 Å². The molecule has 9 nitrogen and oxygen atoms in total. The van der Waals surface area contributed by atoms with Crippen LogP contribution in [0.5, 0.6) is 12.0 Å². The topological polar surface area (TPSA) is 114 Å². The molecule has 0 unspecified atom stereocenters. The second-order valence-electron chi connectivity index (χ2n) is 4.02. The molecule has 1 aromatic rings. The number of nitrogens with one attached hydrogen (secondary N) is 1. The molecule has 0 aromatic carbocycles. The van der Waals surface area contributed by atoms with E-state index in [1.165, 1.54) is 0 Å². The van der Waals surface area contributed by atoms with Crippen molar-refractivity contribution in [1.82, 2.24) is 15.0 Å². The summed E-state index contributed by atoms with van der Waals surface area (Å²) < 4.78 is 21.0. The molecule has 0 aliphatic carbocycles. The van der Waals surface area contributed by atoms with Gasteiger partial charge >= 0.3 is 12.0 Å². The normalized spacial score (nSPS) is 10.4. The Balaban J connectivity index is 2.35. The van der Waals surface area contributed by atoms with Gasteiger partial charge in [-0.1, -0.05) is 6.92 Å². The van der Waals surface area contributed by atoms with E-state index >= 15 is 0 Å². The number of ether oxygens (including phenoxy) is 4. The third kappa shape index (κ3) is 7.59. The minimum atomic E-state index is 0.168. The van der Waals surface area contributed by atoms with E-state index < -0.39 is 0 Å². The lowest BCUT2D eigenvalue weighted by Crippen LogP contribution is -2.14. The fraction of sp³-hybridized carbons (Fsp3) is 0.750. The Morgan fingerprint density at radius 2 is 1.67 bits per heavy atom. The van der Waals surface area contributed by atoms with E-state index in [9.17, 15) is 0 Å². The highest BCUT2D eigenvalue weighted by atomic mass is 16.5. The van der Waals surface area contributed by atoms with Gasteiger partial charge in [0.1, 0.15) is 0 Å². The standard InChI is InChI=1S/C12H23N5O4/c1-3-5-20-11-14-10(17-13)15-12(16-11)21-7-4-6-19-9-8-18-2/h3-9,13H2,1-2H3,(H,14,15,16,17). The van der Waals surface area contributed by atoms with Crippen LogP contribution >= 0.6 is 0 Å². The molecule has 1 heterocycles. The quantitative estimate of drug-likeness (QED) is 0.321. The van der Waals surface area contributed by atoms with Gasteiger partial charge in [-0.2, -0.15) is 9.97 Å². The van der Waals surface area contributed by atoms with Crippen LogP contribution in [0.1, 0.15) is 19.8 Å². The van der Waals surface area contributed by atoms with Crippen molar-refractivity contribution in [3.8, 4) is 12.0 Å². The maximum absolute atomic E-state index is 5.43. The highest BCUT2D eigenvalue weighted by molar-refractivity contribution is 5.25. The van der Waals surface area contributed by atoms with Gasteiger partial charge in [-0.05, 0) is 6.42 Å². The first-order chi connectivity index (χ1) is 10.3. The molecule has 1 rings (SSSR count). The maximum atomic E-state index is 5.43. The summed E-state index contributed by atoms with van der Waals surface area (Å²) in [6, 6.07) is 0.354. The number of aromatic nitrogens is 3. The summed E-state index contributed by atoms with van der Waals surface area (Å²) in [6.45, 7) is 4.66. The predicted octanol–water partition coefficient (Wildman–Crippen LogP) is 0.378. The van der Waals surface area contributed by atoms with E-state index in [1.807, 2.05) is 6.92 Å². The van der Waals surface area contributed by atoms with Gasteiger partial charge in [-0.25, -0.2) is 5.84 Å². The van der Waals surface area contributed by atoms with Gasteiger partial charge in [-0.3, -0.25) is 5.43 Å². The van der Waals surface area contributed by atoms with Gasteiger partial charge in [-0.15, -0.1) is 4.98 Å². The van der Waals surface area contributed by atoms with Crippen LogP contribution in [0.25, 0.3) is 0 Å². The van der Waals surface area contributed by atoms with Crippen molar-refractivity contribution in [2.75, 3.05) is 45.6 Å². The van der Waals surface area contributed by atoms with E-state index in [4.69, 9.17) is 24.8 Å². The Morgan fingerprint density at radius 3 is 2.29 bits per heavy atom. The van der Waals surface area contributed by atoms with Crippen molar-refractivity contribution in [3.63, 3.8) is 0 Å². The van der Waals surface area contributed by atoms with E-state index in [1.54, 1.807) is 7.11 Å². The maximum Gasteiger partial charge on any atom is 0.324 e. The number of anilines is 1. The SMILES string of the molecule is CCCOc1nc(NN)nc(OCCCOCCOC)n1. The molecule has 21 heavy (non-hydrogen) atoms. The van der Waals surface area contributed by atoms with Crippen LogP contribution in [-0.2, 0) is 9.47 Å². The summed E-state index contributed by atoms with van der Waals surface area (Å²) in [4.78, 5) is 12.0. The van der Waals surface area contributed by atoms with Gasteiger partial charge in [0, 0.05) is 20.1 Å². The lowest BCUT2D eigenvalue weighted by atomic mass is 10.5. The molecular weight excluding hydrogens is 278 g/mol. The Morgan fingerprint density at radius 1 is 0.952 bits per heavy atom. The van der Waals surface area contributed by atoms with E-state index in [-0.39, 0.29) is 18.0 Å². The first kappa shape index (κ1) is 17.3. The smallest absolute Gasteiger partial charge is 0.324 e. The molecule has 0 radical (unpaired) electrons. The Kier molecular flexibility index (Phi) is 9.09. The molecule has 0 atom stereocenters. The molecule has 120 valence electrons. The van der Waals surface area contributed by atoms with E-state index in [0.29, 0.717) is 39.5 Å². The first-order valence-corrected chi connectivity index (χ1v) is 6.85. The van der Waals surface area contributed by atoms with Crippen molar-refractivity contribution >= 4 is 5.95 Å². The second kappa shape index (κ2) is 11.0. The summed E-state index contributed by atoms with van der Waals surface area (Å²) in [6.07, 6.45) is 1.57. The van der Waals surface area contributed by atoms with Gasteiger partial charge < -0.3 is 18.9 Å². The fourth-order valence-corrected chi connectivity index (χ4v) is 1.29. The highest BCUT2D eigenvalue weighted by Gasteiger charge is 2.07. The molecule has 1 aromatic heterocycles. The average molecular weight is 301 g/mol. The highest BCUT2D eigenvalue weighted by Crippen LogP contribution is 2.12. The number of hydrogen-bond acceptors (Lipinski definition) is 9. The molecule has 0 fully saturated rings. The number of hydrogen-bond donors (Lipinski definition) is 2. The lowest BCUT2D eigenvalue weighted by Gasteiger charge is -2.08. The van der Waals surface area contributed by atoms with Gasteiger partial charge in [0.05, 0.1) is 26.4 Å². The molecular formula is C12H23N5O4. The zero-order chi connectivity index (χ0) is 15.3. The average Bonchev–Trinajstić information content (AvgIpc) is 2.51. The summed E-state index contributed by atoms with van der Waals surface area (Å²) in [5.74, 6) is 5.49. The number of nitrogens with zero attached hydrogens (tertiary/aromatic N) is 3. The number of nitrogens with two attached hydrogens (primary N) is 1.